The third-order valence-corrected chi connectivity index (χ3v) is 6.55. The van der Waals surface area contributed by atoms with E-state index in [2.05, 4.69) is 44.8 Å². The predicted molar refractivity (Wildman–Crippen MR) is 147 cm³/mol. The van der Waals surface area contributed by atoms with Crippen molar-refractivity contribution in [2.75, 3.05) is 4.90 Å². The van der Waals surface area contributed by atoms with Gasteiger partial charge in [0.2, 0.25) is 0 Å². The largest absolute Gasteiger partial charge is 0.310 e. The van der Waals surface area contributed by atoms with Crippen LogP contribution in [0.4, 0.5) is 17.1 Å². The molecule has 0 atom stereocenters. The highest BCUT2D eigenvalue weighted by atomic mass is 15.1. The van der Waals surface area contributed by atoms with Crippen molar-refractivity contribution in [3.63, 3.8) is 0 Å². The van der Waals surface area contributed by atoms with E-state index in [9.17, 15) is 15.8 Å². The molecule has 0 amide bonds. The molecule has 0 aliphatic heterocycles. The Morgan fingerprint density at radius 2 is 1.18 bits per heavy atom. The van der Waals surface area contributed by atoms with Gasteiger partial charge in [-0.05, 0) is 91.0 Å². The van der Waals surface area contributed by atoms with E-state index in [1.807, 2.05) is 66.9 Å². The van der Waals surface area contributed by atoms with Crippen molar-refractivity contribution in [1.29, 1.82) is 15.8 Å². The van der Waals surface area contributed by atoms with E-state index in [4.69, 9.17) is 0 Å². The molecule has 6 rings (SSSR count). The van der Waals surface area contributed by atoms with Gasteiger partial charge in [0.05, 0.1) is 45.9 Å². The molecule has 0 aliphatic rings. The molecule has 4 aromatic carbocycles. The number of hydrogen-bond donors (Lipinski definition) is 0. The number of aromatic nitrogens is 2. The Bertz CT molecular complexity index is 1890. The number of nitrogens with zero attached hydrogens (tertiary/aromatic N) is 6. The number of fused-ring (bicyclic) bond motifs is 3. The summed E-state index contributed by atoms with van der Waals surface area (Å²) in [6.45, 7) is 0. The van der Waals surface area contributed by atoms with Gasteiger partial charge < -0.3 is 9.47 Å². The zero-order valence-electron chi connectivity index (χ0n) is 20.1. The summed E-state index contributed by atoms with van der Waals surface area (Å²) in [5.41, 5.74) is 7.36. The van der Waals surface area contributed by atoms with Crippen molar-refractivity contribution in [1.82, 2.24) is 9.55 Å². The Balaban J connectivity index is 1.56. The SMILES string of the molecule is N#Cc1ccc(N(c2ccc(C#N)cc2)c2cccc(-n3c4ccncc4c4cc(C#N)ccc43)c2)cc1. The van der Waals surface area contributed by atoms with E-state index in [1.54, 1.807) is 30.5 Å². The number of nitriles is 3. The summed E-state index contributed by atoms with van der Waals surface area (Å²) >= 11 is 0. The highest BCUT2D eigenvalue weighted by molar-refractivity contribution is 6.09. The van der Waals surface area contributed by atoms with E-state index < -0.39 is 0 Å². The van der Waals surface area contributed by atoms with Crippen molar-refractivity contribution < 1.29 is 0 Å². The van der Waals surface area contributed by atoms with Crippen LogP contribution >= 0.6 is 0 Å². The zero-order valence-corrected chi connectivity index (χ0v) is 20.1. The van der Waals surface area contributed by atoms with Gasteiger partial charge in [0.15, 0.2) is 0 Å². The van der Waals surface area contributed by atoms with Gasteiger partial charge in [-0.1, -0.05) is 6.07 Å². The Hall–Kier alpha value is -5.90. The molecular formula is C32H18N6. The molecule has 0 unspecified atom stereocenters. The topological polar surface area (TPSA) is 92.4 Å². The van der Waals surface area contributed by atoms with Crippen LogP contribution in [0.5, 0.6) is 0 Å². The van der Waals surface area contributed by atoms with Crippen molar-refractivity contribution in [3.8, 4) is 23.9 Å². The number of hydrogen-bond acceptors (Lipinski definition) is 5. The lowest BCUT2D eigenvalue weighted by atomic mass is 10.1. The third kappa shape index (κ3) is 3.78. The van der Waals surface area contributed by atoms with Gasteiger partial charge >= 0.3 is 0 Å². The van der Waals surface area contributed by atoms with Crippen LogP contribution in [-0.4, -0.2) is 9.55 Å². The summed E-state index contributed by atoms with van der Waals surface area (Å²) < 4.78 is 2.17. The lowest BCUT2D eigenvalue weighted by Gasteiger charge is -2.26. The fraction of sp³-hybridized carbons (Fsp3) is 0. The second kappa shape index (κ2) is 9.28. The second-order valence-corrected chi connectivity index (χ2v) is 8.74. The molecule has 0 aliphatic carbocycles. The van der Waals surface area contributed by atoms with Gasteiger partial charge in [-0.25, -0.2) is 0 Å². The molecule has 38 heavy (non-hydrogen) atoms. The van der Waals surface area contributed by atoms with Crippen molar-refractivity contribution in [3.05, 3.63) is 126 Å². The summed E-state index contributed by atoms with van der Waals surface area (Å²) in [7, 11) is 0. The van der Waals surface area contributed by atoms with Crippen molar-refractivity contribution in [2.45, 2.75) is 0 Å². The smallest absolute Gasteiger partial charge is 0.0991 e. The van der Waals surface area contributed by atoms with Gasteiger partial charge in [-0.3, -0.25) is 4.98 Å². The minimum atomic E-state index is 0.581. The fourth-order valence-corrected chi connectivity index (χ4v) is 4.80. The van der Waals surface area contributed by atoms with E-state index >= 15 is 0 Å². The molecule has 6 nitrogen and oxygen atoms in total. The van der Waals surface area contributed by atoms with Gasteiger partial charge in [-0.15, -0.1) is 0 Å². The maximum Gasteiger partial charge on any atom is 0.0991 e. The maximum atomic E-state index is 9.46. The first-order valence-electron chi connectivity index (χ1n) is 11.9. The van der Waals surface area contributed by atoms with Crippen LogP contribution in [0.1, 0.15) is 16.7 Å². The van der Waals surface area contributed by atoms with E-state index in [1.165, 1.54) is 0 Å². The molecule has 6 heteroatoms. The molecule has 0 radical (unpaired) electrons. The molecule has 2 heterocycles. The molecule has 0 saturated carbocycles. The summed E-state index contributed by atoms with van der Waals surface area (Å²) in [6.07, 6.45) is 3.60. The Kier molecular flexibility index (Phi) is 5.51. The summed E-state index contributed by atoms with van der Waals surface area (Å²) in [6, 6.07) is 37.3. The predicted octanol–water partition coefficient (Wildman–Crippen LogP) is 7.26. The van der Waals surface area contributed by atoms with Crippen LogP contribution in [0.2, 0.25) is 0 Å². The molecule has 0 bridgehead atoms. The monoisotopic (exact) mass is 486 g/mol. The first-order chi connectivity index (χ1) is 18.7. The molecule has 0 spiro atoms. The minimum absolute atomic E-state index is 0.581. The van der Waals surface area contributed by atoms with Gasteiger partial charge in [0, 0.05) is 45.9 Å². The summed E-state index contributed by atoms with van der Waals surface area (Å²) in [4.78, 5) is 6.42. The quantitative estimate of drug-likeness (QED) is 0.261. The molecule has 2 aromatic heterocycles. The first-order valence-corrected chi connectivity index (χ1v) is 11.9. The Labute approximate surface area is 219 Å². The fourth-order valence-electron chi connectivity index (χ4n) is 4.80. The van der Waals surface area contributed by atoms with E-state index in [0.717, 1.165) is 44.6 Å². The highest BCUT2D eigenvalue weighted by Crippen LogP contribution is 2.38. The van der Waals surface area contributed by atoms with E-state index in [-0.39, 0.29) is 0 Å². The molecule has 0 fully saturated rings. The Morgan fingerprint density at radius 1 is 0.579 bits per heavy atom. The lowest BCUT2D eigenvalue weighted by Crippen LogP contribution is -2.10. The van der Waals surface area contributed by atoms with Gasteiger partial charge in [-0.2, -0.15) is 15.8 Å². The van der Waals surface area contributed by atoms with Crippen LogP contribution < -0.4 is 4.90 Å². The molecule has 6 aromatic rings. The van der Waals surface area contributed by atoms with Crippen LogP contribution in [-0.2, 0) is 0 Å². The Morgan fingerprint density at radius 3 is 1.82 bits per heavy atom. The second-order valence-electron chi connectivity index (χ2n) is 8.74. The summed E-state index contributed by atoms with van der Waals surface area (Å²) in [5, 5.41) is 30.0. The number of benzene rings is 4. The molecule has 0 N–H and O–H groups in total. The van der Waals surface area contributed by atoms with Crippen molar-refractivity contribution in [2.24, 2.45) is 0 Å². The molecule has 0 saturated heterocycles. The zero-order chi connectivity index (χ0) is 26.1. The molecule has 176 valence electrons. The summed E-state index contributed by atoms with van der Waals surface area (Å²) in [5.74, 6) is 0. The van der Waals surface area contributed by atoms with Gasteiger partial charge in [0.1, 0.15) is 0 Å². The number of pyridine rings is 1. The first kappa shape index (κ1) is 22.6. The lowest BCUT2D eigenvalue weighted by molar-refractivity contribution is 1.16. The number of anilines is 3. The average molecular weight is 487 g/mol. The van der Waals surface area contributed by atoms with Crippen molar-refractivity contribution >= 4 is 38.9 Å². The van der Waals surface area contributed by atoms with Crippen LogP contribution in [0.3, 0.4) is 0 Å². The maximum absolute atomic E-state index is 9.46. The standard InChI is InChI=1S/C32H18N6/c33-18-22-4-9-25(10-5-22)37(26-11-6-23(19-34)7-12-26)27-2-1-3-28(17-27)38-31-13-8-24(20-35)16-29(31)30-21-36-15-14-32(30)38/h1-17,21H. The minimum Gasteiger partial charge on any atom is -0.310 e. The van der Waals surface area contributed by atoms with Crippen LogP contribution in [0, 0.1) is 34.0 Å². The highest BCUT2D eigenvalue weighted by Gasteiger charge is 2.17. The average Bonchev–Trinajstić information content (AvgIpc) is 3.32. The molecular weight excluding hydrogens is 468 g/mol. The van der Waals surface area contributed by atoms with E-state index in [0.29, 0.717) is 16.7 Å². The third-order valence-electron chi connectivity index (χ3n) is 6.55. The number of rotatable bonds is 4. The normalized spacial score (nSPS) is 10.6. The van der Waals surface area contributed by atoms with Gasteiger partial charge in [0.25, 0.3) is 0 Å². The van der Waals surface area contributed by atoms with Crippen LogP contribution in [0.15, 0.2) is 109 Å². The van der Waals surface area contributed by atoms with Crippen LogP contribution in [0.25, 0.3) is 27.5 Å².